The summed E-state index contributed by atoms with van der Waals surface area (Å²) in [7, 11) is 1.56. The number of rotatable bonds is 5. The van der Waals surface area contributed by atoms with Crippen molar-refractivity contribution in [3.8, 4) is 5.75 Å². The van der Waals surface area contributed by atoms with Crippen LogP contribution in [0.1, 0.15) is 17.2 Å². The van der Waals surface area contributed by atoms with Crippen LogP contribution >= 0.6 is 0 Å². The number of methoxy groups -OCH3 is 1. The Morgan fingerprint density at radius 3 is 2.48 bits per heavy atom. The number of nitrogens with zero attached hydrogens (tertiary/aromatic N) is 1. The molecule has 25 heavy (non-hydrogen) atoms. The highest BCUT2D eigenvalue weighted by Gasteiger charge is 2.41. The zero-order valence-electron chi connectivity index (χ0n) is 13.8. The van der Waals surface area contributed by atoms with Crippen molar-refractivity contribution in [3.63, 3.8) is 0 Å². The van der Waals surface area contributed by atoms with E-state index >= 15 is 0 Å². The first-order valence-electron chi connectivity index (χ1n) is 7.92. The third-order valence-electron chi connectivity index (χ3n) is 4.23. The minimum atomic E-state index is -1.12. The standard InChI is InChI=1S/C19H19NO5/c1-24-15-9-7-14(8-10-15)17-18(19(22)23)25-12-16(21)20(17)11-13-5-3-2-4-6-13/h2-10,17-18H,11-12H2,1H3,(H,22,23)/t17-,18+/m1/s1. The molecular formula is C19H19NO5. The second-order valence-corrected chi connectivity index (χ2v) is 5.80. The summed E-state index contributed by atoms with van der Waals surface area (Å²) >= 11 is 0. The second kappa shape index (κ2) is 7.36. The molecular weight excluding hydrogens is 322 g/mol. The molecule has 6 nitrogen and oxygen atoms in total. The number of ether oxygens (including phenoxy) is 2. The molecule has 1 fully saturated rings. The fraction of sp³-hybridized carbons (Fsp3) is 0.263. The van der Waals surface area contributed by atoms with E-state index in [1.165, 1.54) is 0 Å². The lowest BCUT2D eigenvalue weighted by Gasteiger charge is -2.39. The smallest absolute Gasteiger partial charge is 0.335 e. The maximum Gasteiger partial charge on any atom is 0.335 e. The van der Waals surface area contributed by atoms with Crippen LogP contribution in [0.25, 0.3) is 0 Å². The molecule has 2 atom stereocenters. The van der Waals surface area contributed by atoms with Gasteiger partial charge in [0.25, 0.3) is 0 Å². The highest BCUT2D eigenvalue weighted by Crippen LogP contribution is 2.32. The number of hydrogen-bond acceptors (Lipinski definition) is 4. The Morgan fingerprint density at radius 2 is 1.88 bits per heavy atom. The lowest BCUT2D eigenvalue weighted by Crippen LogP contribution is -2.51. The third kappa shape index (κ3) is 3.64. The fourth-order valence-electron chi connectivity index (χ4n) is 2.98. The van der Waals surface area contributed by atoms with Crippen LogP contribution < -0.4 is 4.74 Å². The SMILES string of the molecule is COc1ccc([C@@H]2[C@@H](C(=O)O)OCC(=O)N2Cc2ccccc2)cc1. The molecule has 1 heterocycles. The zero-order chi connectivity index (χ0) is 17.8. The molecule has 0 aliphatic carbocycles. The summed E-state index contributed by atoms with van der Waals surface area (Å²) in [6, 6.07) is 15.8. The van der Waals surface area contributed by atoms with E-state index in [2.05, 4.69) is 0 Å². The summed E-state index contributed by atoms with van der Waals surface area (Å²) in [4.78, 5) is 25.7. The highest BCUT2D eigenvalue weighted by molar-refractivity contribution is 5.83. The van der Waals surface area contributed by atoms with Gasteiger partial charge in [-0.2, -0.15) is 0 Å². The van der Waals surface area contributed by atoms with Crippen LogP contribution in [-0.4, -0.2) is 41.7 Å². The molecule has 0 bridgehead atoms. The molecule has 1 aliphatic rings. The van der Waals surface area contributed by atoms with Gasteiger partial charge in [-0.3, -0.25) is 4.79 Å². The number of carbonyl (C=O) groups is 2. The molecule has 0 saturated carbocycles. The third-order valence-corrected chi connectivity index (χ3v) is 4.23. The molecule has 130 valence electrons. The molecule has 1 saturated heterocycles. The average Bonchev–Trinajstić information content (AvgIpc) is 2.64. The van der Waals surface area contributed by atoms with Gasteiger partial charge in [0.05, 0.1) is 13.2 Å². The minimum absolute atomic E-state index is 0.234. The van der Waals surface area contributed by atoms with Gasteiger partial charge >= 0.3 is 5.97 Å². The summed E-state index contributed by atoms with van der Waals surface area (Å²) in [5.74, 6) is -0.665. The Morgan fingerprint density at radius 1 is 1.20 bits per heavy atom. The number of morpholine rings is 1. The Labute approximate surface area is 145 Å². The molecule has 1 amide bonds. The van der Waals surface area contributed by atoms with Gasteiger partial charge in [0.1, 0.15) is 12.4 Å². The van der Waals surface area contributed by atoms with Gasteiger partial charge in [0.2, 0.25) is 5.91 Å². The quantitative estimate of drug-likeness (QED) is 0.903. The van der Waals surface area contributed by atoms with Crippen molar-refractivity contribution >= 4 is 11.9 Å². The lowest BCUT2D eigenvalue weighted by atomic mass is 9.97. The fourth-order valence-corrected chi connectivity index (χ4v) is 2.98. The molecule has 0 unspecified atom stereocenters. The van der Waals surface area contributed by atoms with E-state index in [0.717, 1.165) is 5.56 Å². The molecule has 3 rings (SSSR count). The van der Waals surface area contributed by atoms with Crippen LogP contribution in [0.4, 0.5) is 0 Å². The van der Waals surface area contributed by atoms with E-state index in [-0.39, 0.29) is 12.5 Å². The Hall–Kier alpha value is -2.86. The van der Waals surface area contributed by atoms with Crippen LogP contribution in [0.5, 0.6) is 5.75 Å². The van der Waals surface area contributed by atoms with Gasteiger partial charge < -0.3 is 19.5 Å². The maximum absolute atomic E-state index is 12.5. The molecule has 0 spiro atoms. The first kappa shape index (κ1) is 17.0. The second-order valence-electron chi connectivity index (χ2n) is 5.80. The molecule has 1 aliphatic heterocycles. The van der Waals surface area contributed by atoms with Crippen LogP contribution in [0.3, 0.4) is 0 Å². The summed E-state index contributed by atoms with van der Waals surface area (Å²) in [5, 5.41) is 9.55. The first-order chi connectivity index (χ1) is 12.1. The monoisotopic (exact) mass is 341 g/mol. The molecule has 0 radical (unpaired) electrons. The predicted molar refractivity (Wildman–Crippen MR) is 90.1 cm³/mol. The van der Waals surface area contributed by atoms with Gasteiger partial charge in [-0.05, 0) is 23.3 Å². The van der Waals surface area contributed by atoms with Crippen LogP contribution in [0, 0.1) is 0 Å². The largest absolute Gasteiger partial charge is 0.497 e. The number of hydrogen-bond donors (Lipinski definition) is 1. The van der Waals surface area contributed by atoms with Gasteiger partial charge in [-0.1, -0.05) is 42.5 Å². The van der Waals surface area contributed by atoms with Gasteiger partial charge in [0.15, 0.2) is 6.10 Å². The number of carbonyl (C=O) groups excluding carboxylic acids is 1. The molecule has 2 aromatic rings. The van der Waals surface area contributed by atoms with Crippen molar-refractivity contribution in [2.45, 2.75) is 18.7 Å². The number of benzene rings is 2. The molecule has 0 aromatic heterocycles. The van der Waals surface area contributed by atoms with Crippen LogP contribution in [0.2, 0.25) is 0 Å². The van der Waals surface area contributed by atoms with Gasteiger partial charge in [0, 0.05) is 6.54 Å². The lowest BCUT2D eigenvalue weighted by molar-refractivity contribution is -0.174. The number of carboxylic acid groups (broad SMARTS) is 1. The Bertz CT molecular complexity index is 744. The number of aliphatic carboxylic acids is 1. The van der Waals surface area contributed by atoms with Crippen molar-refractivity contribution in [2.75, 3.05) is 13.7 Å². The van der Waals surface area contributed by atoms with E-state index < -0.39 is 18.1 Å². The predicted octanol–water partition coefficient (Wildman–Crippen LogP) is 2.25. The number of carboxylic acids is 1. The number of amides is 1. The van der Waals surface area contributed by atoms with E-state index in [9.17, 15) is 14.7 Å². The van der Waals surface area contributed by atoms with E-state index in [1.54, 1.807) is 36.3 Å². The van der Waals surface area contributed by atoms with Crippen molar-refractivity contribution in [2.24, 2.45) is 0 Å². The van der Waals surface area contributed by atoms with Crippen LogP contribution in [0.15, 0.2) is 54.6 Å². The van der Waals surface area contributed by atoms with Crippen molar-refractivity contribution < 1.29 is 24.2 Å². The maximum atomic E-state index is 12.5. The van der Waals surface area contributed by atoms with Gasteiger partial charge in [-0.25, -0.2) is 4.79 Å². The normalized spacial score (nSPS) is 20.4. The summed E-state index contributed by atoms with van der Waals surface area (Å²) in [6.07, 6.45) is -1.12. The summed E-state index contributed by atoms with van der Waals surface area (Å²) in [5.41, 5.74) is 1.62. The van der Waals surface area contributed by atoms with E-state index in [0.29, 0.717) is 17.9 Å². The van der Waals surface area contributed by atoms with Crippen LogP contribution in [-0.2, 0) is 20.9 Å². The zero-order valence-corrected chi connectivity index (χ0v) is 13.8. The van der Waals surface area contributed by atoms with Crippen molar-refractivity contribution in [1.29, 1.82) is 0 Å². The Kier molecular flexibility index (Phi) is 5.00. The van der Waals surface area contributed by atoms with E-state index in [1.807, 2.05) is 30.3 Å². The van der Waals surface area contributed by atoms with Gasteiger partial charge in [-0.15, -0.1) is 0 Å². The minimum Gasteiger partial charge on any atom is -0.497 e. The molecule has 6 heteroatoms. The molecule has 2 aromatic carbocycles. The first-order valence-corrected chi connectivity index (χ1v) is 7.92. The summed E-state index contributed by atoms with van der Waals surface area (Å²) in [6.45, 7) is 0.0833. The summed E-state index contributed by atoms with van der Waals surface area (Å²) < 4.78 is 10.5. The highest BCUT2D eigenvalue weighted by atomic mass is 16.5. The Balaban J connectivity index is 1.97. The van der Waals surface area contributed by atoms with Crippen molar-refractivity contribution in [3.05, 3.63) is 65.7 Å². The van der Waals surface area contributed by atoms with E-state index in [4.69, 9.17) is 9.47 Å². The topological polar surface area (TPSA) is 76.1 Å². The molecule has 1 N–H and O–H groups in total. The van der Waals surface area contributed by atoms with Crippen molar-refractivity contribution in [1.82, 2.24) is 4.90 Å². The average molecular weight is 341 g/mol.